The molecule has 1 aliphatic rings. The number of aromatic nitrogens is 1. The summed E-state index contributed by atoms with van der Waals surface area (Å²) in [6, 6.07) is 1.79. The topological polar surface area (TPSA) is 68.3 Å². The lowest BCUT2D eigenvalue weighted by molar-refractivity contribution is 0.213. The van der Waals surface area contributed by atoms with Crippen LogP contribution in [0.3, 0.4) is 0 Å². The van der Waals surface area contributed by atoms with Crippen molar-refractivity contribution >= 4 is 10.0 Å². The predicted octanol–water partition coefficient (Wildman–Crippen LogP) is 1.68. The van der Waals surface area contributed by atoms with Crippen LogP contribution >= 0.6 is 0 Å². The quantitative estimate of drug-likeness (QED) is 0.920. The second kappa shape index (κ2) is 5.87. The highest BCUT2D eigenvalue weighted by atomic mass is 32.2. The van der Waals surface area contributed by atoms with Gasteiger partial charge in [0, 0.05) is 38.6 Å². The van der Waals surface area contributed by atoms with E-state index < -0.39 is 10.0 Å². The fourth-order valence-corrected chi connectivity index (χ4v) is 4.68. The summed E-state index contributed by atoms with van der Waals surface area (Å²) >= 11 is 0. The maximum atomic E-state index is 12.7. The van der Waals surface area contributed by atoms with Gasteiger partial charge >= 0.3 is 0 Å². The van der Waals surface area contributed by atoms with Gasteiger partial charge in [0.2, 0.25) is 10.0 Å². The molecule has 2 unspecified atom stereocenters. The Morgan fingerprint density at radius 2 is 2.05 bits per heavy atom. The largest absolute Gasteiger partial charge is 0.352 e. The molecule has 1 saturated carbocycles. The van der Waals surface area contributed by atoms with Gasteiger partial charge < -0.3 is 10.3 Å². The summed E-state index contributed by atoms with van der Waals surface area (Å²) in [5.41, 5.74) is 6.45. The summed E-state index contributed by atoms with van der Waals surface area (Å²) in [4.78, 5) is 0.348. The van der Waals surface area contributed by atoms with Crippen LogP contribution in [0.4, 0.5) is 0 Å². The Hall–Kier alpha value is -0.850. The zero-order chi connectivity index (χ0) is 14.9. The molecule has 5 nitrogen and oxygen atoms in total. The van der Waals surface area contributed by atoms with Crippen molar-refractivity contribution in [1.82, 2.24) is 8.87 Å². The predicted molar refractivity (Wildman–Crippen MR) is 79.7 cm³/mol. The van der Waals surface area contributed by atoms with Crippen LogP contribution in [0.25, 0.3) is 0 Å². The Morgan fingerprint density at radius 3 is 2.60 bits per heavy atom. The van der Waals surface area contributed by atoms with Gasteiger partial charge in [0.1, 0.15) is 4.90 Å². The van der Waals surface area contributed by atoms with E-state index in [2.05, 4.69) is 6.92 Å². The van der Waals surface area contributed by atoms with Crippen LogP contribution in [-0.4, -0.2) is 30.4 Å². The maximum Gasteiger partial charge on any atom is 0.244 e. The molecule has 1 aromatic heterocycles. The fraction of sp³-hybridized carbons (Fsp3) is 0.714. The normalized spacial score (nSPS) is 24.2. The monoisotopic (exact) mass is 299 g/mol. The second-order valence-electron chi connectivity index (χ2n) is 5.83. The number of nitrogens with two attached hydrogens (primary N) is 1. The number of rotatable bonds is 4. The minimum Gasteiger partial charge on any atom is -0.352 e. The highest BCUT2D eigenvalue weighted by molar-refractivity contribution is 7.89. The van der Waals surface area contributed by atoms with Gasteiger partial charge in [0.25, 0.3) is 0 Å². The molecule has 114 valence electrons. The molecule has 1 fully saturated rings. The number of hydrogen-bond donors (Lipinski definition) is 1. The first-order valence-electron chi connectivity index (χ1n) is 7.21. The van der Waals surface area contributed by atoms with Gasteiger partial charge in [-0.1, -0.05) is 19.8 Å². The maximum absolute atomic E-state index is 12.7. The number of aryl methyl sites for hydroxylation is 1. The summed E-state index contributed by atoms with van der Waals surface area (Å²) in [6.07, 6.45) is 6.02. The van der Waals surface area contributed by atoms with E-state index in [9.17, 15) is 8.42 Å². The Kier molecular flexibility index (Phi) is 4.56. The molecule has 0 aliphatic heterocycles. The number of nitrogens with zero attached hydrogens (tertiary/aromatic N) is 2. The van der Waals surface area contributed by atoms with Crippen LogP contribution in [-0.2, 0) is 23.6 Å². The van der Waals surface area contributed by atoms with Crippen LogP contribution < -0.4 is 5.73 Å². The van der Waals surface area contributed by atoms with E-state index in [0.717, 1.165) is 25.0 Å². The summed E-state index contributed by atoms with van der Waals surface area (Å²) in [5.74, 6) is 0.418. The molecule has 0 bridgehead atoms. The third-order valence-electron chi connectivity index (χ3n) is 4.50. The molecule has 1 aliphatic carbocycles. The first-order valence-corrected chi connectivity index (χ1v) is 8.65. The van der Waals surface area contributed by atoms with Gasteiger partial charge in [0.15, 0.2) is 0 Å². The van der Waals surface area contributed by atoms with E-state index in [1.165, 1.54) is 6.42 Å². The molecule has 6 heteroatoms. The molecule has 0 radical (unpaired) electrons. The molecule has 20 heavy (non-hydrogen) atoms. The van der Waals surface area contributed by atoms with E-state index in [1.54, 1.807) is 28.2 Å². The van der Waals surface area contributed by atoms with Crippen molar-refractivity contribution in [3.05, 3.63) is 18.0 Å². The lowest BCUT2D eigenvalue weighted by atomic mass is 9.86. The van der Waals surface area contributed by atoms with E-state index >= 15 is 0 Å². The van der Waals surface area contributed by atoms with Crippen molar-refractivity contribution in [2.45, 2.75) is 50.1 Å². The second-order valence-corrected chi connectivity index (χ2v) is 7.83. The molecule has 2 rings (SSSR count). The Morgan fingerprint density at radius 1 is 1.40 bits per heavy atom. The zero-order valence-corrected chi connectivity index (χ0v) is 13.4. The number of hydrogen-bond acceptors (Lipinski definition) is 3. The third kappa shape index (κ3) is 2.77. The third-order valence-corrected chi connectivity index (χ3v) is 6.35. The van der Waals surface area contributed by atoms with E-state index in [-0.39, 0.29) is 6.04 Å². The first-order chi connectivity index (χ1) is 9.37. The molecule has 1 heterocycles. The van der Waals surface area contributed by atoms with Crippen molar-refractivity contribution in [1.29, 1.82) is 0 Å². The summed E-state index contributed by atoms with van der Waals surface area (Å²) in [6.45, 7) is 2.49. The molecule has 0 saturated heterocycles. The molecule has 0 spiro atoms. The highest BCUT2D eigenvalue weighted by Gasteiger charge is 2.33. The number of sulfonamides is 1. The zero-order valence-electron chi connectivity index (χ0n) is 12.5. The average Bonchev–Trinajstić information content (AvgIpc) is 2.80. The molecule has 2 N–H and O–H groups in total. The van der Waals surface area contributed by atoms with Gasteiger partial charge in [0.05, 0.1) is 0 Å². The van der Waals surface area contributed by atoms with Crippen LogP contribution in [0.1, 0.15) is 38.3 Å². The molecule has 0 aromatic carbocycles. The van der Waals surface area contributed by atoms with E-state index in [4.69, 9.17) is 5.73 Å². The average molecular weight is 299 g/mol. The van der Waals surface area contributed by atoms with Crippen molar-refractivity contribution in [3.8, 4) is 0 Å². The molecule has 0 amide bonds. The first kappa shape index (κ1) is 15.5. The summed E-state index contributed by atoms with van der Waals surface area (Å²) in [5, 5.41) is 0. The molecule has 1 aromatic rings. The van der Waals surface area contributed by atoms with E-state index in [0.29, 0.717) is 17.4 Å². The molecule has 2 atom stereocenters. The Labute approximate surface area is 121 Å². The van der Waals surface area contributed by atoms with Crippen LogP contribution in [0.15, 0.2) is 17.2 Å². The Bertz CT molecular complexity index is 565. The summed E-state index contributed by atoms with van der Waals surface area (Å²) in [7, 11) is 0.103. The fourth-order valence-electron chi connectivity index (χ4n) is 3.10. The van der Waals surface area contributed by atoms with Crippen molar-refractivity contribution in [2.24, 2.45) is 18.7 Å². The lowest BCUT2D eigenvalue weighted by Crippen LogP contribution is -2.42. The SMILES string of the molecule is CC1CCCCC1N(C)S(=O)(=O)c1cc(CN)n(C)c1. The van der Waals surface area contributed by atoms with Gasteiger partial charge in [-0.15, -0.1) is 0 Å². The summed E-state index contributed by atoms with van der Waals surface area (Å²) < 4.78 is 28.8. The minimum absolute atomic E-state index is 0.107. The van der Waals surface area contributed by atoms with Crippen molar-refractivity contribution < 1.29 is 8.42 Å². The minimum atomic E-state index is -3.43. The van der Waals surface area contributed by atoms with Gasteiger partial charge in [-0.25, -0.2) is 8.42 Å². The van der Waals surface area contributed by atoms with Crippen LogP contribution in [0, 0.1) is 5.92 Å². The van der Waals surface area contributed by atoms with Crippen LogP contribution in [0.2, 0.25) is 0 Å². The van der Waals surface area contributed by atoms with Gasteiger partial charge in [-0.3, -0.25) is 0 Å². The van der Waals surface area contributed by atoms with Gasteiger partial charge in [-0.2, -0.15) is 4.31 Å². The van der Waals surface area contributed by atoms with E-state index in [1.807, 2.05) is 7.05 Å². The molecular weight excluding hydrogens is 274 g/mol. The standard InChI is InChI=1S/C14H25N3O2S/c1-11-6-4-5-7-14(11)17(3)20(18,19)13-8-12(9-15)16(2)10-13/h8,10-11,14H,4-7,9,15H2,1-3H3. The Balaban J connectivity index is 2.28. The highest BCUT2D eigenvalue weighted by Crippen LogP contribution is 2.31. The van der Waals surface area contributed by atoms with Crippen molar-refractivity contribution in [2.75, 3.05) is 7.05 Å². The van der Waals surface area contributed by atoms with Gasteiger partial charge in [-0.05, 0) is 24.8 Å². The van der Waals surface area contributed by atoms with Crippen LogP contribution in [0.5, 0.6) is 0 Å². The van der Waals surface area contributed by atoms with Crippen molar-refractivity contribution in [3.63, 3.8) is 0 Å². The smallest absolute Gasteiger partial charge is 0.244 e. The molecular formula is C14H25N3O2S. The lowest BCUT2D eigenvalue weighted by Gasteiger charge is -2.35.